The number of imidazole rings is 1. The predicted molar refractivity (Wildman–Crippen MR) is 84.2 cm³/mol. The maximum Gasteiger partial charge on any atom is 0.201 e. The summed E-state index contributed by atoms with van der Waals surface area (Å²) in [6, 6.07) is 6.44. The van der Waals surface area contributed by atoms with Crippen LogP contribution in [0.1, 0.15) is 52.0 Å². The molecule has 110 valence electrons. The summed E-state index contributed by atoms with van der Waals surface area (Å²) >= 11 is 0. The molecule has 0 fully saturated rings. The first-order valence-electron chi connectivity index (χ1n) is 7.53. The number of nitrogen functional groups attached to an aromatic ring is 1. The van der Waals surface area contributed by atoms with Crippen LogP contribution < -0.4 is 10.5 Å². The predicted octanol–water partition coefficient (Wildman–Crippen LogP) is 4.16. The Hall–Kier alpha value is -1.71. The highest BCUT2D eigenvalue weighted by atomic mass is 16.5. The number of unbranched alkanes of at least 4 members (excludes halogenated alkanes) is 1. The maximum atomic E-state index is 6.18. The van der Waals surface area contributed by atoms with Crippen LogP contribution in [0.2, 0.25) is 0 Å². The molecular weight excluding hydrogens is 250 g/mol. The van der Waals surface area contributed by atoms with Gasteiger partial charge in [-0.1, -0.05) is 39.2 Å². The van der Waals surface area contributed by atoms with Crippen LogP contribution in [-0.4, -0.2) is 16.7 Å². The molecule has 0 spiro atoms. The number of hydrogen-bond donors (Lipinski definition) is 1. The number of fused-ring (bicyclic) bond motifs is 1. The molecule has 4 heteroatoms. The smallest absolute Gasteiger partial charge is 0.201 e. The number of nitrogens with zero attached hydrogens (tertiary/aromatic N) is 2. The minimum Gasteiger partial charge on any atom is -0.494 e. The van der Waals surface area contributed by atoms with Gasteiger partial charge in [0.2, 0.25) is 5.95 Å². The Morgan fingerprint density at radius 1 is 1.25 bits per heavy atom. The highest BCUT2D eigenvalue weighted by Gasteiger charge is 2.18. The molecule has 0 aliphatic carbocycles. The third kappa shape index (κ3) is 2.74. The molecule has 0 amide bonds. The molecule has 1 aromatic heterocycles. The third-order valence-corrected chi connectivity index (χ3v) is 3.81. The van der Waals surface area contributed by atoms with Gasteiger partial charge in [0.1, 0.15) is 11.3 Å². The number of rotatable bonds is 7. The highest BCUT2D eigenvalue weighted by molar-refractivity contribution is 5.84. The number of benzene rings is 1. The molecule has 2 aromatic rings. The second-order valence-corrected chi connectivity index (χ2v) is 5.25. The zero-order valence-electron chi connectivity index (χ0n) is 12.7. The molecule has 0 bridgehead atoms. The SMILES string of the molecule is CCCCC(CCC)n1c(N)nc2c(OC)cccc21. The molecule has 1 aromatic carbocycles. The summed E-state index contributed by atoms with van der Waals surface area (Å²) < 4.78 is 7.58. The van der Waals surface area contributed by atoms with Crippen LogP contribution in [0.4, 0.5) is 5.95 Å². The number of para-hydroxylation sites is 1. The normalized spacial score (nSPS) is 12.8. The van der Waals surface area contributed by atoms with Gasteiger partial charge in [-0.25, -0.2) is 4.98 Å². The van der Waals surface area contributed by atoms with Crippen molar-refractivity contribution in [2.45, 2.75) is 52.0 Å². The summed E-state index contributed by atoms with van der Waals surface area (Å²) in [5.74, 6) is 1.39. The Morgan fingerprint density at radius 3 is 2.70 bits per heavy atom. The molecule has 0 saturated carbocycles. The van der Waals surface area contributed by atoms with Crippen LogP contribution in [0.15, 0.2) is 18.2 Å². The molecular formula is C16H25N3O. The van der Waals surface area contributed by atoms with Gasteiger partial charge < -0.3 is 15.0 Å². The van der Waals surface area contributed by atoms with E-state index in [1.54, 1.807) is 7.11 Å². The Labute approximate surface area is 120 Å². The van der Waals surface area contributed by atoms with Gasteiger partial charge in [0, 0.05) is 6.04 Å². The second-order valence-electron chi connectivity index (χ2n) is 5.25. The van der Waals surface area contributed by atoms with Crippen molar-refractivity contribution < 1.29 is 4.74 Å². The second kappa shape index (κ2) is 6.64. The van der Waals surface area contributed by atoms with Crippen molar-refractivity contribution in [1.29, 1.82) is 0 Å². The molecule has 2 rings (SSSR count). The molecule has 1 atom stereocenters. The molecule has 0 radical (unpaired) electrons. The standard InChI is InChI=1S/C16H25N3O/c1-4-6-9-12(8-5-2)19-13-10-7-11-14(20-3)15(13)18-16(19)17/h7,10-12H,4-6,8-9H2,1-3H3,(H2,17,18). The van der Waals surface area contributed by atoms with Crippen LogP contribution >= 0.6 is 0 Å². The van der Waals surface area contributed by atoms with Crippen molar-refractivity contribution in [3.8, 4) is 5.75 Å². The Bertz CT molecular complexity index is 562. The number of hydrogen-bond acceptors (Lipinski definition) is 3. The Balaban J connectivity index is 2.48. The minimum atomic E-state index is 0.428. The molecule has 0 aliphatic heterocycles. The Morgan fingerprint density at radius 2 is 2.05 bits per heavy atom. The summed E-state index contributed by atoms with van der Waals surface area (Å²) in [5, 5.41) is 0. The monoisotopic (exact) mass is 275 g/mol. The quantitative estimate of drug-likeness (QED) is 0.825. The van der Waals surface area contributed by atoms with E-state index in [1.165, 1.54) is 12.8 Å². The van der Waals surface area contributed by atoms with Crippen molar-refractivity contribution in [2.75, 3.05) is 12.8 Å². The van der Waals surface area contributed by atoms with Gasteiger partial charge in [0.15, 0.2) is 0 Å². The number of methoxy groups -OCH3 is 1. The fourth-order valence-electron chi connectivity index (χ4n) is 2.83. The van der Waals surface area contributed by atoms with E-state index in [-0.39, 0.29) is 0 Å². The minimum absolute atomic E-state index is 0.428. The average molecular weight is 275 g/mol. The van der Waals surface area contributed by atoms with Crippen LogP contribution in [0.3, 0.4) is 0 Å². The third-order valence-electron chi connectivity index (χ3n) is 3.81. The van der Waals surface area contributed by atoms with E-state index >= 15 is 0 Å². The number of anilines is 1. The molecule has 0 saturated heterocycles. The zero-order valence-corrected chi connectivity index (χ0v) is 12.7. The van der Waals surface area contributed by atoms with E-state index < -0.39 is 0 Å². The summed E-state index contributed by atoms with van der Waals surface area (Å²) in [6.07, 6.45) is 5.85. The van der Waals surface area contributed by atoms with E-state index in [2.05, 4.69) is 29.5 Å². The van der Waals surface area contributed by atoms with E-state index in [1.807, 2.05) is 12.1 Å². The maximum absolute atomic E-state index is 6.18. The van der Waals surface area contributed by atoms with Crippen molar-refractivity contribution in [3.05, 3.63) is 18.2 Å². The molecule has 0 aliphatic rings. The first-order chi connectivity index (χ1) is 9.72. The van der Waals surface area contributed by atoms with Gasteiger partial charge >= 0.3 is 0 Å². The van der Waals surface area contributed by atoms with E-state index in [4.69, 9.17) is 10.5 Å². The zero-order chi connectivity index (χ0) is 14.5. The lowest BCUT2D eigenvalue weighted by Crippen LogP contribution is -2.12. The lowest BCUT2D eigenvalue weighted by molar-refractivity contribution is 0.418. The van der Waals surface area contributed by atoms with Crippen molar-refractivity contribution in [1.82, 2.24) is 9.55 Å². The van der Waals surface area contributed by atoms with Crippen LogP contribution in [0, 0.1) is 0 Å². The van der Waals surface area contributed by atoms with Gasteiger partial charge in [-0.05, 0) is 25.0 Å². The van der Waals surface area contributed by atoms with E-state index in [0.717, 1.165) is 36.0 Å². The number of nitrogens with two attached hydrogens (primary N) is 1. The van der Waals surface area contributed by atoms with E-state index in [9.17, 15) is 0 Å². The Kier molecular flexibility index (Phi) is 4.88. The van der Waals surface area contributed by atoms with E-state index in [0.29, 0.717) is 12.0 Å². The van der Waals surface area contributed by atoms with Crippen LogP contribution in [0.25, 0.3) is 11.0 Å². The van der Waals surface area contributed by atoms with Crippen molar-refractivity contribution in [3.63, 3.8) is 0 Å². The fraction of sp³-hybridized carbons (Fsp3) is 0.562. The summed E-state index contributed by atoms with van der Waals surface area (Å²) in [5.41, 5.74) is 8.12. The number of ether oxygens (including phenoxy) is 1. The largest absolute Gasteiger partial charge is 0.494 e. The highest BCUT2D eigenvalue weighted by Crippen LogP contribution is 2.32. The molecule has 2 N–H and O–H groups in total. The van der Waals surface area contributed by atoms with Gasteiger partial charge in [0.05, 0.1) is 12.6 Å². The van der Waals surface area contributed by atoms with Gasteiger partial charge in [-0.3, -0.25) is 0 Å². The average Bonchev–Trinajstić information content (AvgIpc) is 2.79. The summed E-state index contributed by atoms with van der Waals surface area (Å²) in [7, 11) is 1.67. The summed E-state index contributed by atoms with van der Waals surface area (Å²) in [4.78, 5) is 4.51. The van der Waals surface area contributed by atoms with Crippen LogP contribution in [0.5, 0.6) is 5.75 Å². The molecule has 20 heavy (non-hydrogen) atoms. The lowest BCUT2D eigenvalue weighted by Gasteiger charge is -2.20. The molecule has 4 nitrogen and oxygen atoms in total. The van der Waals surface area contributed by atoms with Crippen molar-refractivity contribution >= 4 is 17.0 Å². The van der Waals surface area contributed by atoms with Crippen LogP contribution in [-0.2, 0) is 0 Å². The lowest BCUT2D eigenvalue weighted by atomic mass is 10.0. The fourth-order valence-corrected chi connectivity index (χ4v) is 2.83. The first-order valence-corrected chi connectivity index (χ1v) is 7.53. The molecule has 1 heterocycles. The molecule has 1 unspecified atom stereocenters. The summed E-state index contributed by atoms with van der Waals surface area (Å²) in [6.45, 7) is 4.44. The van der Waals surface area contributed by atoms with Gasteiger partial charge in [-0.2, -0.15) is 0 Å². The first kappa shape index (κ1) is 14.7. The topological polar surface area (TPSA) is 53.1 Å². The van der Waals surface area contributed by atoms with Gasteiger partial charge in [-0.15, -0.1) is 0 Å². The number of aromatic nitrogens is 2. The van der Waals surface area contributed by atoms with Crippen molar-refractivity contribution in [2.24, 2.45) is 0 Å². The van der Waals surface area contributed by atoms with Gasteiger partial charge in [0.25, 0.3) is 0 Å².